The molecule has 0 aromatic heterocycles. The van der Waals surface area contributed by atoms with Crippen molar-refractivity contribution in [1.82, 2.24) is 0 Å². The molecule has 32 heavy (non-hydrogen) atoms. The van der Waals surface area contributed by atoms with Crippen LogP contribution in [0.1, 0.15) is 84.1 Å². The van der Waals surface area contributed by atoms with Gasteiger partial charge in [-0.05, 0) is 57.4 Å². The van der Waals surface area contributed by atoms with Gasteiger partial charge in [0.2, 0.25) is 0 Å². The molecule has 0 bridgehead atoms. The number of Topliss-reactive ketones (excluding diaryl/α,β-unsaturated/α-hetero) is 1. The number of fused-ring (bicyclic) bond motifs is 1. The largest absolute Gasteiger partial charge is 0.494 e. The molecule has 4 rings (SSSR count). The van der Waals surface area contributed by atoms with E-state index in [4.69, 9.17) is 14.5 Å². The molecule has 1 aromatic rings. The molecule has 0 amide bonds. The van der Waals surface area contributed by atoms with Crippen molar-refractivity contribution in [1.29, 1.82) is 0 Å². The SMILES string of the molecule is CCOc1ccccc1C1C(C(=O)OC2CCCCC2)=C(C)N=C2CC(C)(C)CC(=O)C21. The molecule has 0 N–H and O–H groups in total. The fraction of sp³-hybridized carbons (Fsp3) is 0.593. The predicted octanol–water partition coefficient (Wildman–Crippen LogP) is 5.78. The van der Waals surface area contributed by atoms with Gasteiger partial charge in [0, 0.05) is 29.3 Å². The number of ether oxygens (including phenoxy) is 2. The maximum absolute atomic E-state index is 13.5. The summed E-state index contributed by atoms with van der Waals surface area (Å²) in [6.07, 6.45) is 6.36. The highest BCUT2D eigenvalue weighted by Gasteiger charge is 2.48. The summed E-state index contributed by atoms with van der Waals surface area (Å²) < 4.78 is 11.9. The van der Waals surface area contributed by atoms with Gasteiger partial charge in [-0.1, -0.05) is 38.5 Å². The van der Waals surface area contributed by atoms with E-state index in [0.29, 0.717) is 24.3 Å². The Labute approximate surface area is 191 Å². The molecule has 2 fully saturated rings. The van der Waals surface area contributed by atoms with Gasteiger partial charge in [-0.15, -0.1) is 0 Å². The minimum Gasteiger partial charge on any atom is -0.494 e. The Morgan fingerprint density at radius 2 is 1.81 bits per heavy atom. The van der Waals surface area contributed by atoms with Crippen LogP contribution in [0.3, 0.4) is 0 Å². The fourth-order valence-electron chi connectivity index (χ4n) is 5.62. The number of carbonyl (C=O) groups excluding carboxylic acids is 2. The summed E-state index contributed by atoms with van der Waals surface area (Å²) in [6.45, 7) is 8.56. The van der Waals surface area contributed by atoms with Gasteiger partial charge in [0.15, 0.2) is 0 Å². The summed E-state index contributed by atoms with van der Waals surface area (Å²) in [4.78, 5) is 31.8. The Morgan fingerprint density at radius 1 is 1.09 bits per heavy atom. The Balaban J connectivity index is 1.79. The number of allylic oxidation sites excluding steroid dienone is 1. The van der Waals surface area contributed by atoms with E-state index in [1.54, 1.807) is 0 Å². The number of rotatable bonds is 5. The molecule has 3 aliphatic rings. The standard InChI is InChI=1S/C27H35NO4/c1-5-31-22-14-10-9-13-19(22)24-23(26(30)32-18-11-7-6-8-12-18)17(2)28-20-15-27(3,4)16-21(29)25(20)24/h9-10,13-14,18,24-25H,5-8,11-12,15-16H2,1-4H3. The smallest absolute Gasteiger partial charge is 0.336 e. The van der Waals surface area contributed by atoms with Crippen LogP contribution < -0.4 is 4.74 Å². The third-order valence-corrected chi connectivity index (χ3v) is 6.96. The van der Waals surface area contributed by atoms with Gasteiger partial charge < -0.3 is 9.47 Å². The van der Waals surface area contributed by atoms with Crippen LogP contribution in [-0.4, -0.2) is 30.2 Å². The van der Waals surface area contributed by atoms with Crippen molar-refractivity contribution in [3.05, 3.63) is 41.1 Å². The number of carbonyl (C=O) groups is 2. The lowest BCUT2D eigenvalue weighted by Crippen LogP contribution is -2.44. The Kier molecular flexibility index (Phi) is 6.55. The van der Waals surface area contributed by atoms with Crippen molar-refractivity contribution in [2.45, 2.75) is 84.7 Å². The van der Waals surface area contributed by atoms with Crippen molar-refractivity contribution in [3.63, 3.8) is 0 Å². The molecule has 2 unspecified atom stereocenters. The van der Waals surface area contributed by atoms with Crippen LogP contribution in [0, 0.1) is 11.3 Å². The quantitative estimate of drug-likeness (QED) is 0.548. The summed E-state index contributed by atoms with van der Waals surface area (Å²) >= 11 is 0. The second-order valence-electron chi connectivity index (χ2n) is 10.2. The predicted molar refractivity (Wildman–Crippen MR) is 125 cm³/mol. The summed E-state index contributed by atoms with van der Waals surface area (Å²) in [5.74, 6) is -0.334. The molecule has 2 saturated carbocycles. The van der Waals surface area contributed by atoms with E-state index in [9.17, 15) is 9.59 Å². The normalized spacial score (nSPS) is 25.8. The third kappa shape index (κ3) is 4.53. The Hall–Kier alpha value is -2.43. The van der Waals surface area contributed by atoms with E-state index in [1.807, 2.05) is 38.1 Å². The van der Waals surface area contributed by atoms with Gasteiger partial charge in [0.05, 0.1) is 18.1 Å². The molecule has 0 saturated heterocycles. The lowest BCUT2D eigenvalue weighted by molar-refractivity contribution is -0.146. The zero-order chi connectivity index (χ0) is 22.9. The van der Waals surface area contributed by atoms with Crippen LogP contribution >= 0.6 is 0 Å². The van der Waals surface area contributed by atoms with Crippen LogP contribution in [0.25, 0.3) is 0 Å². The van der Waals surface area contributed by atoms with Crippen LogP contribution in [0.5, 0.6) is 5.75 Å². The van der Waals surface area contributed by atoms with Crippen LogP contribution in [0.4, 0.5) is 0 Å². The molecule has 2 atom stereocenters. The minimum absolute atomic E-state index is 0.0503. The highest BCUT2D eigenvalue weighted by atomic mass is 16.5. The van der Waals surface area contributed by atoms with Crippen molar-refractivity contribution < 1.29 is 19.1 Å². The van der Waals surface area contributed by atoms with E-state index >= 15 is 0 Å². The van der Waals surface area contributed by atoms with Crippen molar-refractivity contribution in [3.8, 4) is 5.75 Å². The van der Waals surface area contributed by atoms with Gasteiger partial charge in [-0.25, -0.2) is 4.79 Å². The first kappa shape index (κ1) is 22.8. The molecular weight excluding hydrogens is 402 g/mol. The lowest BCUT2D eigenvalue weighted by atomic mass is 9.63. The molecule has 172 valence electrons. The summed E-state index contributed by atoms with van der Waals surface area (Å²) in [5.41, 5.74) is 2.81. The molecule has 1 heterocycles. The summed E-state index contributed by atoms with van der Waals surface area (Å²) in [7, 11) is 0. The summed E-state index contributed by atoms with van der Waals surface area (Å²) in [5, 5.41) is 0. The molecule has 0 radical (unpaired) electrons. The number of benzene rings is 1. The van der Waals surface area contributed by atoms with Gasteiger partial charge in [0.1, 0.15) is 17.6 Å². The molecule has 1 aliphatic heterocycles. The first-order valence-corrected chi connectivity index (χ1v) is 12.0. The van der Waals surface area contributed by atoms with Crippen LogP contribution in [0.15, 0.2) is 40.5 Å². The second-order valence-corrected chi connectivity index (χ2v) is 10.2. The van der Waals surface area contributed by atoms with Gasteiger partial charge >= 0.3 is 5.97 Å². The summed E-state index contributed by atoms with van der Waals surface area (Å²) in [6, 6.07) is 7.77. The Bertz CT molecular complexity index is 952. The maximum atomic E-state index is 13.5. The second kappa shape index (κ2) is 9.21. The van der Waals surface area contributed by atoms with E-state index in [2.05, 4.69) is 13.8 Å². The van der Waals surface area contributed by atoms with Crippen LogP contribution in [0.2, 0.25) is 0 Å². The van der Waals surface area contributed by atoms with E-state index in [0.717, 1.165) is 49.1 Å². The number of aliphatic imine (C=N–C) groups is 1. The molecule has 5 nitrogen and oxygen atoms in total. The average molecular weight is 438 g/mol. The number of hydrogen-bond acceptors (Lipinski definition) is 5. The highest BCUT2D eigenvalue weighted by Crippen LogP contribution is 2.49. The zero-order valence-corrected chi connectivity index (χ0v) is 19.8. The van der Waals surface area contributed by atoms with E-state index in [1.165, 1.54) is 6.42 Å². The molecule has 1 aromatic carbocycles. The number of ketones is 1. The first-order valence-electron chi connectivity index (χ1n) is 12.0. The maximum Gasteiger partial charge on any atom is 0.336 e. The van der Waals surface area contributed by atoms with Crippen LogP contribution in [-0.2, 0) is 14.3 Å². The lowest BCUT2D eigenvalue weighted by Gasteiger charge is -2.41. The van der Waals surface area contributed by atoms with Gasteiger partial charge in [-0.2, -0.15) is 0 Å². The third-order valence-electron chi connectivity index (χ3n) is 6.96. The first-order chi connectivity index (χ1) is 15.3. The Morgan fingerprint density at radius 3 is 2.53 bits per heavy atom. The fourth-order valence-corrected chi connectivity index (χ4v) is 5.62. The van der Waals surface area contributed by atoms with Gasteiger partial charge in [-0.3, -0.25) is 9.79 Å². The number of nitrogens with zero attached hydrogens (tertiary/aromatic N) is 1. The molecular formula is C27H35NO4. The van der Waals surface area contributed by atoms with Crippen molar-refractivity contribution in [2.75, 3.05) is 6.61 Å². The number of hydrogen-bond donors (Lipinski definition) is 0. The van der Waals surface area contributed by atoms with E-state index < -0.39 is 11.8 Å². The van der Waals surface area contributed by atoms with E-state index in [-0.39, 0.29) is 23.3 Å². The number of esters is 1. The van der Waals surface area contributed by atoms with Crippen molar-refractivity contribution >= 4 is 17.5 Å². The highest BCUT2D eigenvalue weighted by molar-refractivity contribution is 6.12. The van der Waals surface area contributed by atoms with Gasteiger partial charge in [0.25, 0.3) is 0 Å². The molecule has 2 aliphatic carbocycles. The minimum atomic E-state index is -0.442. The topological polar surface area (TPSA) is 65.0 Å². The molecule has 5 heteroatoms. The number of para-hydroxylation sites is 1. The average Bonchev–Trinajstić information content (AvgIpc) is 2.73. The zero-order valence-electron chi connectivity index (χ0n) is 19.8. The van der Waals surface area contributed by atoms with Crippen molar-refractivity contribution in [2.24, 2.45) is 16.3 Å². The monoisotopic (exact) mass is 437 g/mol. The molecule has 0 spiro atoms.